The number of amides is 4. The summed E-state index contributed by atoms with van der Waals surface area (Å²) < 4.78 is 6.70. The van der Waals surface area contributed by atoms with Gasteiger partial charge in [0.25, 0.3) is 5.56 Å². The van der Waals surface area contributed by atoms with E-state index in [9.17, 15) is 58.5 Å². The number of carboxylic acid groups (broad SMARTS) is 4. The molecular weight excluding hydrogens is 860 g/mol. The summed E-state index contributed by atoms with van der Waals surface area (Å²) in [6, 6.07) is -5.20. The number of H-pyrrole nitrogens is 1. The van der Waals surface area contributed by atoms with Gasteiger partial charge in [-0.3, -0.25) is 42.9 Å². The molecule has 0 unspecified atom stereocenters. The Morgan fingerprint density at radius 1 is 0.850 bits per heavy atom. The van der Waals surface area contributed by atoms with E-state index in [4.69, 9.17) is 36.6 Å². The summed E-state index contributed by atoms with van der Waals surface area (Å²) in [5.41, 5.74) is 10.6. The second kappa shape index (κ2) is 26.7. The maximum Gasteiger partial charge on any atom is 1.00 e. The van der Waals surface area contributed by atoms with Gasteiger partial charge in [0.15, 0.2) is 17.4 Å². The molecule has 0 radical (unpaired) electrons. The number of carbonyl (C=O) groups excluding carboxylic acids is 5. The van der Waals surface area contributed by atoms with E-state index >= 15 is 0 Å². The molecule has 2 aromatic rings. The van der Waals surface area contributed by atoms with Crippen molar-refractivity contribution < 1.29 is 108 Å². The minimum Gasteiger partial charge on any atom is -0.548 e. The van der Waals surface area contributed by atoms with Gasteiger partial charge in [-0.25, -0.2) is 9.97 Å². The number of fused-ring (bicyclic) bond motifs is 1. The number of aromatic nitrogens is 4. The van der Waals surface area contributed by atoms with Crippen molar-refractivity contribution in [2.75, 3.05) is 31.2 Å². The monoisotopic (exact) mass is 902 g/mol. The van der Waals surface area contributed by atoms with Crippen molar-refractivity contribution in [3.05, 3.63) is 23.0 Å². The number of aliphatic hydroxyl groups is 3. The number of nitrogens with one attached hydrogen (secondary N) is 5. The molecule has 1 fully saturated rings. The number of carboxylic acids is 4. The van der Waals surface area contributed by atoms with Crippen LogP contribution in [0, 0.1) is 0 Å². The van der Waals surface area contributed by atoms with E-state index in [2.05, 4.69) is 30.9 Å². The molecular formula is C30H43N10NaO17S2. The molecule has 0 aliphatic carbocycles. The van der Waals surface area contributed by atoms with Crippen molar-refractivity contribution >= 4 is 80.3 Å². The number of hydrogen-bond donors (Lipinski definition) is 13. The van der Waals surface area contributed by atoms with E-state index in [0.717, 1.165) is 21.6 Å². The maximum atomic E-state index is 12.4. The summed E-state index contributed by atoms with van der Waals surface area (Å²) in [5.74, 6) is -9.18. The number of aliphatic hydroxyl groups excluding tert-OH is 3. The zero-order valence-corrected chi connectivity index (χ0v) is 35.3. The number of nitrogens with two attached hydrogens (primary N) is 2. The van der Waals surface area contributed by atoms with Crippen LogP contribution in [0.5, 0.6) is 0 Å². The molecule has 30 heteroatoms. The number of nitrogens with zero attached hydrogens (tertiary/aromatic N) is 3. The second-order valence-electron chi connectivity index (χ2n) is 12.3. The second-order valence-corrected chi connectivity index (χ2v) is 14.8. The molecule has 2 aromatic heterocycles. The quantitative estimate of drug-likeness (QED) is 0.0280. The van der Waals surface area contributed by atoms with Crippen LogP contribution in [0.1, 0.15) is 31.9 Å². The summed E-state index contributed by atoms with van der Waals surface area (Å²) in [5, 5.41) is 74.5. The summed E-state index contributed by atoms with van der Waals surface area (Å²) >= 11 is 0. The van der Waals surface area contributed by atoms with E-state index in [0.29, 0.717) is 0 Å². The van der Waals surface area contributed by atoms with Crippen LogP contribution in [-0.2, 0) is 43.1 Å². The summed E-state index contributed by atoms with van der Waals surface area (Å²) in [6.45, 7) is -2.02. The third-order valence-corrected chi connectivity index (χ3v) is 10.3. The van der Waals surface area contributed by atoms with Gasteiger partial charge in [-0.05, 0) is 12.8 Å². The van der Waals surface area contributed by atoms with E-state index in [1.807, 2.05) is 5.32 Å². The van der Waals surface area contributed by atoms with E-state index in [1.165, 1.54) is 17.2 Å². The number of aliphatic carboxylic acids is 4. The summed E-state index contributed by atoms with van der Waals surface area (Å²) in [4.78, 5) is 114. The topological polar surface area (TPSA) is 454 Å². The fourth-order valence-electron chi connectivity index (χ4n) is 4.68. The molecule has 0 aromatic carbocycles. The van der Waals surface area contributed by atoms with Crippen LogP contribution in [0.2, 0.25) is 0 Å². The predicted octanol–water partition coefficient (Wildman–Crippen LogP) is -10.5. The molecule has 0 bridgehead atoms. The molecule has 15 N–H and O–H groups in total. The van der Waals surface area contributed by atoms with Crippen LogP contribution in [-0.4, -0.2) is 171 Å². The number of ether oxygens (including phenoxy) is 1. The van der Waals surface area contributed by atoms with Gasteiger partial charge in [0, 0.05) is 24.3 Å². The number of aromatic amines is 1. The van der Waals surface area contributed by atoms with E-state index in [1.54, 1.807) is 0 Å². The van der Waals surface area contributed by atoms with Crippen molar-refractivity contribution in [3.63, 3.8) is 0 Å². The molecule has 1 aliphatic rings. The van der Waals surface area contributed by atoms with Gasteiger partial charge in [0.2, 0.25) is 23.6 Å². The molecule has 3 rings (SSSR count). The minimum atomic E-state index is -1.59. The third-order valence-electron chi connectivity index (χ3n) is 7.83. The van der Waals surface area contributed by atoms with Gasteiger partial charge < -0.3 is 83.0 Å². The number of carbonyl (C=O) groups is 8. The normalized spacial score (nSPS) is 18.9. The van der Waals surface area contributed by atoms with Crippen LogP contribution in [0.25, 0.3) is 11.2 Å². The van der Waals surface area contributed by atoms with E-state index in [-0.39, 0.29) is 77.9 Å². The Morgan fingerprint density at radius 3 is 1.78 bits per heavy atom. The predicted molar refractivity (Wildman–Crippen MR) is 198 cm³/mol. The summed E-state index contributed by atoms with van der Waals surface area (Å²) in [6.07, 6.45) is -2.94. The van der Waals surface area contributed by atoms with Crippen molar-refractivity contribution in [2.45, 2.75) is 74.4 Å². The first kappa shape index (κ1) is 53.6. The average Bonchev–Trinajstić information content (AvgIpc) is 3.74. The van der Waals surface area contributed by atoms with Crippen LogP contribution in [0.15, 0.2) is 17.4 Å². The Labute approximate surface area is 367 Å². The zero-order chi connectivity index (χ0) is 44.4. The van der Waals surface area contributed by atoms with Crippen LogP contribution < -0.4 is 73.0 Å². The first-order valence-electron chi connectivity index (χ1n) is 17.1. The Morgan fingerprint density at radius 2 is 1.35 bits per heavy atom. The Hall–Kier alpha value is -4.43. The SMILES string of the molecule is N[C@@H](CCC(=O)N[C@@H](CSSC[C@H](NC(=O)CC[C@H](N)C(=O)O)C(=O)NCC(=O)O)C(=O)NCC(=O)[O-])C(=O)O.O=c1[nH]cnc2c1ncn2[C@@H]1O[C@H](CO)[C@@H](O)[C@H]1O.[Na+]. The van der Waals surface area contributed by atoms with Crippen LogP contribution in [0.4, 0.5) is 0 Å². The van der Waals surface area contributed by atoms with Crippen molar-refractivity contribution in [3.8, 4) is 0 Å². The Bertz CT molecular complexity index is 1800. The smallest absolute Gasteiger partial charge is 0.548 e. The van der Waals surface area contributed by atoms with Crippen molar-refractivity contribution in [1.82, 2.24) is 40.8 Å². The van der Waals surface area contributed by atoms with Crippen LogP contribution >= 0.6 is 21.6 Å². The van der Waals surface area contributed by atoms with Crippen molar-refractivity contribution in [2.24, 2.45) is 11.5 Å². The molecule has 8 atom stereocenters. The molecule has 60 heavy (non-hydrogen) atoms. The summed E-state index contributed by atoms with van der Waals surface area (Å²) in [7, 11) is 1.86. The largest absolute Gasteiger partial charge is 1.00 e. The third kappa shape index (κ3) is 17.7. The number of hydrogen-bond acceptors (Lipinski definition) is 20. The molecule has 328 valence electrons. The number of rotatable bonds is 23. The Kier molecular flexibility index (Phi) is 23.9. The van der Waals surface area contributed by atoms with Gasteiger partial charge >= 0.3 is 47.5 Å². The minimum absolute atomic E-state index is 0. The van der Waals surface area contributed by atoms with Crippen LogP contribution in [0.3, 0.4) is 0 Å². The standard InChI is InChI=1S/C20H32N6O12S2.C10H12N4O5.Na/c21-9(19(35)36)1-3-13(27)25-11(17(33)23-5-15(29)30)7-39-40-8-12(18(34)24-6-16(31)32)26-14(28)4-2-10(22)20(37)38;15-1-4-6(16)7(17)10(19-4)14-3-13-5-8(14)11-2-12-9(5)18;/h9-12H,1-8,21-22H2,(H,23,33)(H,24,34)(H,25,27)(H,26,28)(H,29,30)(H,31,32)(H,35,36)(H,37,38);2-4,6-7,10,15-17H,1H2,(H,11,12,18);/q;;+1/p-1/t9-,10-,11-,12-;4-,6-,7-,10-;/m01./s1. The molecule has 1 aliphatic heterocycles. The van der Waals surface area contributed by atoms with Gasteiger partial charge in [-0.15, -0.1) is 0 Å². The zero-order valence-electron chi connectivity index (χ0n) is 31.6. The first-order chi connectivity index (χ1) is 27.8. The molecule has 0 saturated carbocycles. The molecule has 0 spiro atoms. The van der Waals surface area contributed by atoms with Gasteiger partial charge in [0.1, 0.15) is 49.0 Å². The van der Waals surface area contributed by atoms with Gasteiger partial charge in [0.05, 0.1) is 31.8 Å². The van der Waals surface area contributed by atoms with Gasteiger partial charge in [-0.1, -0.05) is 21.6 Å². The molecule has 3 heterocycles. The fraction of sp³-hybridized carbons (Fsp3) is 0.567. The van der Waals surface area contributed by atoms with E-state index < -0.39 is 121 Å². The Balaban J connectivity index is 0.000000739. The molecule has 1 saturated heterocycles. The van der Waals surface area contributed by atoms with Gasteiger partial charge in [-0.2, -0.15) is 0 Å². The average molecular weight is 903 g/mol. The van der Waals surface area contributed by atoms with Crippen molar-refractivity contribution in [1.29, 1.82) is 0 Å². The molecule has 27 nitrogen and oxygen atoms in total. The molecule has 4 amide bonds. The maximum absolute atomic E-state index is 12.4. The number of imidazole rings is 1. The first-order valence-corrected chi connectivity index (χ1v) is 19.6. The fourth-order valence-corrected chi connectivity index (χ4v) is 7.01.